The second kappa shape index (κ2) is 4.40. The second-order valence-corrected chi connectivity index (χ2v) is 5.87. The van der Waals surface area contributed by atoms with Gasteiger partial charge in [0.1, 0.15) is 5.75 Å². The highest BCUT2D eigenvalue weighted by Crippen LogP contribution is 2.27. The molecule has 3 nitrogen and oxygen atoms in total. The van der Waals surface area contributed by atoms with Crippen LogP contribution in [-0.4, -0.2) is 15.6 Å². The van der Waals surface area contributed by atoms with Crippen molar-refractivity contribution in [2.24, 2.45) is 0 Å². The average molecular weight is 291 g/mol. The summed E-state index contributed by atoms with van der Waals surface area (Å²) in [6.07, 6.45) is 0. The molecular weight excluding hydrogens is 282 g/mol. The molecule has 3 rings (SSSR count). The van der Waals surface area contributed by atoms with Gasteiger partial charge in [-0.2, -0.15) is 0 Å². The first-order valence-electron chi connectivity index (χ1n) is 5.59. The number of carbonyl (C=O) groups excluding carboxylic acids is 1. The summed E-state index contributed by atoms with van der Waals surface area (Å²) in [7, 11) is 0. The Kier molecular flexibility index (Phi) is 2.84. The molecule has 19 heavy (non-hydrogen) atoms. The quantitative estimate of drug-likeness (QED) is 0.739. The van der Waals surface area contributed by atoms with Crippen molar-refractivity contribution >= 4 is 39.7 Å². The number of carbonyl (C=O) groups is 1. The number of phenolic OH excluding ortho intramolecular Hbond substituents is 1. The molecule has 0 bridgehead atoms. The molecule has 0 amide bonds. The maximum absolute atomic E-state index is 12.5. The minimum absolute atomic E-state index is 0.133. The topological polar surface area (TPSA) is 42.2 Å². The van der Waals surface area contributed by atoms with Gasteiger partial charge in [-0.3, -0.25) is 9.36 Å². The van der Waals surface area contributed by atoms with E-state index in [2.05, 4.69) is 6.07 Å². The third-order valence-electron chi connectivity index (χ3n) is 2.86. The van der Waals surface area contributed by atoms with Crippen LogP contribution < -0.4 is 0 Å². The van der Waals surface area contributed by atoms with Gasteiger partial charge >= 0.3 is 0 Å². The van der Waals surface area contributed by atoms with Crippen molar-refractivity contribution < 1.29 is 9.90 Å². The number of hydrogen-bond acceptors (Lipinski definition) is 3. The number of aromatic nitrogens is 1. The van der Waals surface area contributed by atoms with E-state index in [1.807, 2.05) is 6.92 Å². The number of aromatic hydroxyl groups is 1. The summed E-state index contributed by atoms with van der Waals surface area (Å²) < 4.78 is 2.16. The predicted molar refractivity (Wildman–Crippen MR) is 76.2 cm³/mol. The average Bonchev–Trinajstić information content (AvgIpc) is 2.91. The van der Waals surface area contributed by atoms with E-state index < -0.39 is 0 Å². The fourth-order valence-corrected chi connectivity index (χ4v) is 3.02. The molecule has 0 spiro atoms. The van der Waals surface area contributed by atoms with Crippen LogP contribution in [-0.2, 0) is 0 Å². The number of halogens is 1. The van der Waals surface area contributed by atoms with Gasteiger partial charge in [-0.15, -0.1) is 11.3 Å². The molecule has 0 fully saturated rings. The zero-order chi connectivity index (χ0) is 13.6. The van der Waals surface area contributed by atoms with Crippen LogP contribution in [0.25, 0.3) is 10.9 Å². The molecule has 0 atom stereocenters. The molecule has 95 valence electrons. The molecule has 1 radical (unpaired) electrons. The molecule has 1 aromatic carbocycles. The van der Waals surface area contributed by atoms with Gasteiger partial charge in [0.05, 0.1) is 14.7 Å². The molecule has 0 aliphatic heterocycles. The normalized spacial score (nSPS) is 11.1. The smallest absolute Gasteiger partial charge is 0.272 e. The summed E-state index contributed by atoms with van der Waals surface area (Å²) in [6.45, 7) is 1.81. The summed E-state index contributed by atoms with van der Waals surface area (Å²) in [4.78, 5) is 13.0. The van der Waals surface area contributed by atoms with E-state index in [-0.39, 0.29) is 11.7 Å². The summed E-state index contributed by atoms with van der Waals surface area (Å²) in [5, 5.41) is 10.2. The van der Waals surface area contributed by atoms with Gasteiger partial charge in [0.15, 0.2) is 0 Å². The van der Waals surface area contributed by atoms with Gasteiger partial charge < -0.3 is 5.11 Å². The van der Waals surface area contributed by atoms with E-state index in [0.29, 0.717) is 20.3 Å². The number of rotatable bonds is 1. The Labute approximate surface area is 118 Å². The lowest BCUT2D eigenvalue weighted by molar-refractivity contribution is 0.0967. The Bertz CT molecular complexity index is 788. The van der Waals surface area contributed by atoms with E-state index in [4.69, 9.17) is 11.6 Å². The molecule has 0 unspecified atom stereocenters. The minimum Gasteiger partial charge on any atom is -0.508 e. The van der Waals surface area contributed by atoms with Crippen molar-refractivity contribution in [3.8, 4) is 5.75 Å². The first-order chi connectivity index (χ1) is 9.06. The third kappa shape index (κ3) is 2.03. The van der Waals surface area contributed by atoms with Crippen LogP contribution in [0.5, 0.6) is 5.75 Å². The molecular formula is C14H9ClNO2S. The van der Waals surface area contributed by atoms with Gasteiger partial charge in [0.2, 0.25) is 0 Å². The van der Waals surface area contributed by atoms with Crippen molar-refractivity contribution in [1.82, 2.24) is 4.57 Å². The fraction of sp³-hybridized carbons (Fsp3) is 0.0714. The lowest BCUT2D eigenvalue weighted by Gasteiger charge is -2.04. The summed E-state index contributed by atoms with van der Waals surface area (Å²) in [5.74, 6) is 0.0267. The van der Waals surface area contributed by atoms with E-state index in [0.717, 1.165) is 5.52 Å². The molecule has 2 heterocycles. The van der Waals surface area contributed by atoms with Crippen molar-refractivity contribution in [2.45, 2.75) is 6.92 Å². The van der Waals surface area contributed by atoms with Crippen LogP contribution in [0.15, 0.2) is 30.3 Å². The molecule has 3 aromatic rings. The SMILES string of the molecule is Cc1[c]c2cc(O)ccc2n1C(=O)c1ccc(Cl)s1. The van der Waals surface area contributed by atoms with E-state index in [1.54, 1.807) is 34.9 Å². The van der Waals surface area contributed by atoms with Gasteiger partial charge in [0, 0.05) is 17.1 Å². The Balaban J connectivity index is 2.19. The molecule has 2 aromatic heterocycles. The van der Waals surface area contributed by atoms with Crippen molar-refractivity contribution in [3.63, 3.8) is 0 Å². The molecule has 0 aliphatic rings. The van der Waals surface area contributed by atoms with Gasteiger partial charge in [0.25, 0.3) is 5.91 Å². The maximum Gasteiger partial charge on any atom is 0.272 e. The van der Waals surface area contributed by atoms with E-state index in [1.165, 1.54) is 11.3 Å². The summed E-state index contributed by atoms with van der Waals surface area (Å²) >= 11 is 7.11. The Morgan fingerprint density at radius 1 is 1.37 bits per heavy atom. The Morgan fingerprint density at radius 2 is 2.16 bits per heavy atom. The maximum atomic E-state index is 12.5. The van der Waals surface area contributed by atoms with Crippen LogP contribution in [0, 0.1) is 13.0 Å². The molecule has 5 heteroatoms. The summed E-state index contributed by atoms with van der Waals surface area (Å²) in [5.41, 5.74) is 1.43. The highest BCUT2D eigenvalue weighted by molar-refractivity contribution is 7.18. The van der Waals surface area contributed by atoms with Crippen molar-refractivity contribution in [1.29, 1.82) is 0 Å². The second-order valence-electron chi connectivity index (χ2n) is 4.16. The minimum atomic E-state index is -0.133. The van der Waals surface area contributed by atoms with Crippen LogP contribution in [0.3, 0.4) is 0 Å². The molecule has 0 aliphatic carbocycles. The number of nitrogens with zero attached hydrogens (tertiary/aromatic N) is 1. The monoisotopic (exact) mass is 290 g/mol. The van der Waals surface area contributed by atoms with Crippen LogP contribution in [0.1, 0.15) is 15.4 Å². The summed E-state index contributed by atoms with van der Waals surface area (Å²) in [6, 6.07) is 11.3. The predicted octanol–water partition coefficient (Wildman–Crippen LogP) is 3.86. The number of fused-ring (bicyclic) bond motifs is 1. The third-order valence-corrected chi connectivity index (χ3v) is 4.08. The number of phenols is 1. The number of hydrogen-bond donors (Lipinski definition) is 1. The molecule has 0 saturated heterocycles. The Hall–Kier alpha value is -1.78. The number of benzene rings is 1. The largest absolute Gasteiger partial charge is 0.508 e. The van der Waals surface area contributed by atoms with Crippen LogP contribution in [0.2, 0.25) is 4.34 Å². The molecule has 0 saturated carbocycles. The van der Waals surface area contributed by atoms with Crippen molar-refractivity contribution in [2.75, 3.05) is 0 Å². The number of aryl methyl sites for hydroxylation is 1. The molecule has 1 N–H and O–H groups in total. The van der Waals surface area contributed by atoms with Crippen LogP contribution >= 0.6 is 22.9 Å². The lowest BCUT2D eigenvalue weighted by Crippen LogP contribution is -2.11. The van der Waals surface area contributed by atoms with Gasteiger partial charge in [-0.1, -0.05) is 11.6 Å². The highest BCUT2D eigenvalue weighted by Gasteiger charge is 2.16. The highest BCUT2D eigenvalue weighted by atomic mass is 35.5. The van der Waals surface area contributed by atoms with Crippen molar-refractivity contribution in [3.05, 3.63) is 51.3 Å². The van der Waals surface area contributed by atoms with Gasteiger partial charge in [-0.05, 0) is 37.3 Å². The van der Waals surface area contributed by atoms with E-state index >= 15 is 0 Å². The lowest BCUT2D eigenvalue weighted by atomic mass is 10.2. The first-order valence-corrected chi connectivity index (χ1v) is 6.79. The zero-order valence-electron chi connectivity index (χ0n) is 9.98. The standard InChI is InChI=1S/C14H9ClNO2S/c1-8-6-9-7-10(17)2-3-11(9)16(8)14(18)12-4-5-13(15)19-12/h2-5,7,17H,1H3. The Morgan fingerprint density at radius 3 is 2.84 bits per heavy atom. The zero-order valence-corrected chi connectivity index (χ0v) is 11.5. The van der Waals surface area contributed by atoms with Gasteiger partial charge in [-0.25, -0.2) is 0 Å². The van der Waals surface area contributed by atoms with E-state index in [9.17, 15) is 9.90 Å². The van der Waals surface area contributed by atoms with Crippen LogP contribution in [0.4, 0.5) is 0 Å². The number of thiophene rings is 1. The first kappa shape index (κ1) is 12.3. The fourth-order valence-electron chi connectivity index (χ4n) is 2.05.